The van der Waals surface area contributed by atoms with Gasteiger partial charge in [-0.3, -0.25) is 0 Å². The van der Waals surface area contributed by atoms with Gasteiger partial charge in [0.05, 0.1) is 29.6 Å². The number of nitrogens with zero attached hydrogens (tertiary/aromatic N) is 1. The number of aliphatic hydroxyl groups is 1. The van der Waals surface area contributed by atoms with Crippen LogP contribution >= 0.6 is 0 Å². The highest BCUT2D eigenvalue weighted by Crippen LogP contribution is 2.30. The first-order valence-corrected chi connectivity index (χ1v) is 6.49. The van der Waals surface area contributed by atoms with E-state index >= 15 is 0 Å². The van der Waals surface area contributed by atoms with Crippen molar-refractivity contribution in [1.82, 2.24) is 0 Å². The second-order valence-electron chi connectivity index (χ2n) is 5.64. The molecule has 0 saturated carbocycles. The number of nitrogens with two attached hydrogens (primary N) is 1. The topological polar surface area (TPSA) is 96.0 Å². The highest BCUT2D eigenvalue weighted by molar-refractivity contribution is 5.95. The third kappa shape index (κ3) is 3.02. The minimum absolute atomic E-state index is 0.106. The average Bonchev–Trinajstić information content (AvgIpc) is 2.36. The fourth-order valence-electron chi connectivity index (χ4n) is 2.57. The predicted molar refractivity (Wildman–Crippen MR) is 76.1 cm³/mol. The molecule has 1 aromatic rings. The van der Waals surface area contributed by atoms with Crippen LogP contribution in [0.25, 0.3) is 0 Å². The number of aliphatic hydroxyl groups excluding tert-OH is 1. The lowest BCUT2D eigenvalue weighted by atomic mass is 10.0. The third-order valence-corrected chi connectivity index (χ3v) is 3.28. The lowest BCUT2D eigenvalue weighted by Gasteiger charge is -2.43. The van der Waals surface area contributed by atoms with Crippen molar-refractivity contribution in [2.75, 3.05) is 30.3 Å². The van der Waals surface area contributed by atoms with Crippen molar-refractivity contribution in [3.8, 4) is 0 Å². The van der Waals surface area contributed by atoms with Crippen molar-refractivity contribution >= 4 is 17.3 Å². The van der Waals surface area contributed by atoms with Crippen molar-refractivity contribution in [3.05, 3.63) is 23.8 Å². The number of carboxylic acids is 1. The van der Waals surface area contributed by atoms with Gasteiger partial charge >= 0.3 is 5.97 Å². The quantitative estimate of drug-likeness (QED) is 0.713. The Labute approximate surface area is 117 Å². The fourth-order valence-corrected chi connectivity index (χ4v) is 2.57. The number of carboxylic acid groups (broad SMARTS) is 1. The van der Waals surface area contributed by atoms with Crippen LogP contribution in [0.2, 0.25) is 0 Å². The van der Waals surface area contributed by atoms with Crippen LogP contribution in [0, 0.1) is 0 Å². The zero-order chi connectivity index (χ0) is 14.9. The molecule has 6 heteroatoms. The molecule has 6 nitrogen and oxygen atoms in total. The zero-order valence-corrected chi connectivity index (χ0v) is 11.7. The van der Waals surface area contributed by atoms with Crippen molar-refractivity contribution in [2.45, 2.75) is 25.6 Å². The third-order valence-electron chi connectivity index (χ3n) is 3.28. The van der Waals surface area contributed by atoms with Gasteiger partial charge in [-0.05, 0) is 32.0 Å². The molecule has 20 heavy (non-hydrogen) atoms. The van der Waals surface area contributed by atoms with Gasteiger partial charge in [-0.15, -0.1) is 0 Å². The largest absolute Gasteiger partial charge is 0.478 e. The van der Waals surface area contributed by atoms with E-state index in [1.165, 1.54) is 6.07 Å². The van der Waals surface area contributed by atoms with Gasteiger partial charge in [0, 0.05) is 18.8 Å². The van der Waals surface area contributed by atoms with Crippen LogP contribution in [0.15, 0.2) is 18.2 Å². The summed E-state index contributed by atoms with van der Waals surface area (Å²) in [4.78, 5) is 13.2. The summed E-state index contributed by atoms with van der Waals surface area (Å²) >= 11 is 0. The molecule has 1 fully saturated rings. The van der Waals surface area contributed by atoms with Gasteiger partial charge in [0.15, 0.2) is 0 Å². The van der Waals surface area contributed by atoms with E-state index in [4.69, 9.17) is 10.5 Å². The first-order valence-electron chi connectivity index (χ1n) is 6.49. The number of ether oxygens (including phenoxy) is 1. The highest BCUT2D eigenvalue weighted by atomic mass is 16.5. The van der Waals surface area contributed by atoms with Gasteiger partial charge in [0.2, 0.25) is 0 Å². The van der Waals surface area contributed by atoms with Crippen LogP contribution in [0.1, 0.15) is 24.2 Å². The highest BCUT2D eigenvalue weighted by Gasteiger charge is 2.34. The van der Waals surface area contributed by atoms with Gasteiger partial charge in [-0.2, -0.15) is 0 Å². The summed E-state index contributed by atoms with van der Waals surface area (Å²) in [5.74, 6) is -0.996. The summed E-state index contributed by atoms with van der Waals surface area (Å²) in [5.41, 5.74) is 6.58. The maximum atomic E-state index is 11.3. The molecule has 0 aliphatic carbocycles. The molecule has 1 aliphatic heterocycles. The summed E-state index contributed by atoms with van der Waals surface area (Å²) in [6.45, 7) is 4.69. The number of carbonyl (C=O) groups is 1. The predicted octanol–water partition coefficient (Wildman–Crippen LogP) is 0.943. The number of benzene rings is 1. The molecule has 2 rings (SSSR count). The molecule has 0 aromatic heterocycles. The number of aromatic carboxylic acids is 1. The van der Waals surface area contributed by atoms with E-state index in [0.717, 1.165) is 0 Å². The Morgan fingerprint density at radius 3 is 2.85 bits per heavy atom. The van der Waals surface area contributed by atoms with Crippen molar-refractivity contribution in [2.24, 2.45) is 0 Å². The van der Waals surface area contributed by atoms with Crippen molar-refractivity contribution < 1.29 is 19.7 Å². The Kier molecular flexibility index (Phi) is 3.87. The summed E-state index contributed by atoms with van der Waals surface area (Å²) in [6, 6.07) is 4.73. The van der Waals surface area contributed by atoms with Crippen LogP contribution < -0.4 is 10.6 Å². The van der Waals surface area contributed by atoms with Crippen LogP contribution in [0.3, 0.4) is 0 Å². The molecular formula is C14H20N2O4. The lowest BCUT2D eigenvalue weighted by Crippen LogP contribution is -2.54. The molecule has 110 valence electrons. The Morgan fingerprint density at radius 1 is 1.55 bits per heavy atom. The molecule has 0 radical (unpaired) electrons. The van der Waals surface area contributed by atoms with Crippen LogP contribution in [-0.4, -0.2) is 47.6 Å². The molecule has 0 amide bonds. The molecule has 1 heterocycles. The van der Waals surface area contributed by atoms with Gasteiger partial charge in [-0.1, -0.05) is 0 Å². The Bertz CT molecular complexity index is 516. The van der Waals surface area contributed by atoms with E-state index < -0.39 is 11.6 Å². The molecular weight excluding hydrogens is 260 g/mol. The molecule has 0 bridgehead atoms. The van der Waals surface area contributed by atoms with E-state index in [2.05, 4.69) is 0 Å². The zero-order valence-electron chi connectivity index (χ0n) is 11.7. The Hall–Kier alpha value is -1.79. The number of morpholine rings is 1. The first kappa shape index (κ1) is 14.6. The van der Waals surface area contributed by atoms with E-state index in [9.17, 15) is 15.0 Å². The lowest BCUT2D eigenvalue weighted by molar-refractivity contribution is -0.101. The Balaban J connectivity index is 2.39. The minimum Gasteiger partial charge on any atom is -0.478 e. The average molecular weight is 280 g/mol. The molecule has 0 spiro atoms. The van der Waals surface area contributed by atoms with E-state index in [-0.39, 0.29) is 18.3 Å². The summed E-state index contributed by atoms with van der Waals surface area (Å²) in [7, 11) is 0. The summed E-state index contributed by atoms with van der Waals surface area (Å²) < 4.78 is 5.73. The van der Waals surface area contributed by atoms with Crippen LogP contribution in [-0.2, 0) is 4.74 Å². The van der Waals surface area contributed by atoms with Crippen molar-refractivity contribution in [3.63, 3.8) is 0 Å². The van der Waals surface area contributed by atoms with Gasteiger partial charge in [0.1, 0.15) is 0 Å². The SMILES string of the molecule is CC1(C)CN(c2cc(N)ccc2C(=O)O)CC(CO)O1. The summed E-state index contributed by atoms with van der Waals surface area (Å²) in [6.07, 6.45) is -0.346. The molecule has 1 aliphatic rings. The van der Waals surface area contributed by atoms with E-state index in [0.29, 0.717) is 24.5 Å². The number of hydrogen-bond donors (Lipinski definition) is 3. The minimum atomic E-state index is -0.996. The normalized spacial score (nSPS) is 21.8. The maximum Gasteiger partial charge on any atom is 0.337 e. The molecule has 1 saturated heterocycles. The smallest absolute Gasteiger partial charge is 0.337 e. The fraction of sp³-hybridized carbons (Fsp3) is 0.500. The first-order chi connectivity index (χ1) is 9.32. The Morgan fingerprint density at radius 2 is 2.25 bits per heavy atom. The molecule has 1 atom stereocenters. The van der Waals surface area contributed by atoms with E-state index in [1.54, 1.807) is 12.1 Å². The van der Waals surface area contributed by atoms with Gasteiger partial charge < -0.3 is 25.6 Å². The molecule has 1 unspecified atom stereocenters. The molecule has 1 aromatic carbocycles. The number of hydrogen-bond acceptors (Lipinski definition) is 5. The maximum absolute atomic E-state index is 11.3. The monoisotopic (exact) mass is 280 g/mol. The standard InChI is InChI=1S/C14H20N2O4/c1-14(2)8-16(6-10(7-17)20-14)12-5-9(15)3-4-11(12)13(18)19/h3-5,10,17H,6-8,15H2,1-2H3,(H,18,19). The number of anilines is 2. The van der Waals surface area contributed by atoms with Crippen molar-refractivity contribution in [1.29, 1.82) is 0 Å². The van der Waals surface area contributed by atoms with Gasteiger partial charge in [0.25, 0.3) is 0 Å². The number of rotatable bonds is 3. The molecule has 4 N–H and O–H groups in total. The van der Waals surface area contributed by atoms with Gasteiger partial charge in [-0.25, -0.2) is 4.79 Å². The second kappa shape index (κ2) is 5.30. The number of nitrogen functional groups attached to an aromatic ring is 1. The van der Waals surface area contributed by atoms with Crippen LogP contribution in [0.5, 0.6) is 0 Å². The summed E-state index contributed by atoms with van der Waals surface area (Å²) in [5, 5.41) is 18.6. The second-order valence-corrected chi connectivity index (χ2v) is 5.64. The van der Waals surface area contributed by atoms with E-state index in [1.807, 2.05) is 18.7 Å². The van der Waals surface area contributed by atoms with Crippen LogP contribution in [0.4, 0.5) is 11.4 Å².